The smallest absolute Gasteiger partial charge is 0.0622 e. The molecule has 2 nitrogen and oxygen atoms in total. The predicted octanol–water partition coefficient (Wildman–Crippen LogP) is 2.76. The lowest BCUT2D eigenvalue weighted by Gasteiger charge is -2.08. The summed E-state index contributed by atoms with van der Waals surface area (Å²) in [7, 11) is 0. The maximum Gasteiger partial charge on any atom is 0.217 e. The monoisotopic (exact) mass is 178 g/mol. The summed E-state index contributed by atoms with van der Waals surface area (Å²) in [6, 6.07) is 9.79. The Morgan fingerprint density at radius 2 is 1.69 bits per heavy atom. The minimum atomic E-state index is -0.310. The standard InChI is InChI=1S/C11H16NO/c1-11(2,3)12(13)9-10-7-5-4-6-8-10/h4-8H,9H2,1-3H3/q+1. The van der Waals surface area contributed by atoms with Crippen LogP contribution in [0.4, 0.5) is 0 Å². The number of benzene rings is 1. The summed E-state index contributed by atoms with van der Waals surface area (Å²) in [5.74, 6) is 0. The predicted molar refractivity (Wildman–Crippen MR) is 53.5 cm³/mol. The van der Waals surface area contributed by atoms with Crippen molar-refractivity contribution < 1.29 is 4.76 Å². The average molecular weight is 178 g/mol. The summed E-state index contributed by atoms with van der Waals surface area (Å²) in [6.07, 6.45) is 0. The van der Waals surface area contributed by atoms with Crippen LogP contribution in [0.15, 0.2) is 30.3 Å². The first-order chi connectivity index (χ1) is 6.00. The zero-order chi connectivity index (χ0) is 9.90. The third-order valence-electron chi connectivity index (χ3n) is 1.92. The van der Waals surface area contributed by atoms with E-state index in [9.17, 15) is 4.91 Å². The van der Waals surface area contributed by atoms with Crippen molar-refractivity contribution in [1.29, 1.82) is 0 Å². The van der Waals surface area contributed by atoms with Gasteiger partial charge in [-0.1, -0.05) is 30.3 Å². The van der Waals surface area contributed by atoms with E-state index in [1.165, 1.54) is 0 Å². The highest BCUT2D eigenvalue weighted by molar-refractivity contribution is 5.13. The van der Waals surface area contributed by atoms with E-state index in [1.807, 2.05) is 51.1 Å². The Balaban J connectivity index is 2.66. The molecule has 13 heavy (non-hydrogen) atoms. The van der Waals surface area contributed by atoms with Crippen LogP contribution in [0.2, 0.25) is 0 Å². The van der Waals surface area contributed by atoms with Crippen LogP contribution >= 0.6 is 0 Å². The first-order valence-electron chi connectivity index (χ1n) is 4.49. The molecule has 0 heterocycles. The average Bonchev–Trinajstić information content (AvgIpc) is 2.04. The Kier molecular flexibility index (Phi) is 2.81. The highest BCUT2D eigenvalue weighted by atomic mass is 16.3. The zero-order valence-electron chi connectivity index (χ0n) is 8.45. The largest absolute Gasteiger partial charge is 0.217 e. The second-order valence-corrected chi connectivity index (χ2v) is 4.19. The normalized spacial score (nSPS) is 11.3. The van der Waals surface area contributed by atoms with E-state index < -0.39 is 0 Å². The first-order valence-corrected chi connectivity index (χ1v) is 4.49. The number of hydrogen-bond donors (Lipinski definition) is 0. The molecule has 0 aliphatic heterocycles. The number of hydrogen-bond acceptors (Lipinski definition) is 1. The lowest BCUT2D eigenvalue weighted by Crippen LogP contribution is -2.30. The lowest BCUT2D eigenvalue weighted by atomic mass is 10.1. The highest BCUT2D eigenvalue weighted by Gasteiger charge is 2.28. The van der Waals surface area contributed by atoms with Crippen molar-refractivity contribution in [2.45, 2.75) is 32.9 Å². The van der Waals surface area contributed by atoms with Crippen molar-refractivity contribution in [2.24, 2.45) is 0 Å². The molecule has 0 saturated heterocycles. The van der Waals surface area contributed by atoms with Crippen molar-refractivity contribution in [2.75, 3.05) is 0 Å². The Hall–Kier alpha value is -1.18. The van der Waals surface area contributed by atoms with Crippen LogP contribution in [0, 0.1) is 4.91 Å². The summed E-state index contributed by atoms with van der Waals surface area (Å²) < 4.78 is 1.10. The van der Waals surface area contributed by atoms with E-state index in [0.717, 1.165) is 10.3 Å². The molecular formula is C11H16NO+. The molecule has 2 heteroatoms. The Morgan fingerprint density at radius 3 is 2.15 bits per heavy atom. The topological polar surface area (TPSA) is 20.1 Å². The maximum atomic E-state index is 11.6. The second-order valence-electron chi connectivity index (χ2n) is 4.19. The summed E-state index contributed by atoms with van der Waals surface area (Å²) in [4.78, 5) is 11.6. The molecule has 0 atom stereocenters. The van der Waals surface area contributed by atoms with Gasteiger partial charge in [-0.25, -0.2) is 0 Å². The van der Waals surface area contributed by atoms with Crippen molar-refractivity contribution in [3.63, 3.8) is 0 Å². The maximum absolute atomic E-state index is 11.6. The van der Waals surface area contributed by atoms with Crippen molar-refractivity contribution in [3.05, 3.63) is 40.8 Å². The quantitative estimate of drug-likeness (QED) is 0.637. The van der Waals surface area contributed by atoms with Gasteiger partial charge in [0.2, 0.25) is 12.1 Å². The molecule has 0 unspecified atom stereocenters. The van der Waals surface area contributed by atoms with Gasteiger partial charge in [-0.3, -0.25) is 0 Å². The summed E-state index contributed by atoms with van der Waals surface area (Å²) >= 11 is 0. The molecule has 0 radical (unpaired) electrons. The van der Waals surface area contributed by atoms with Crippen LogP contribution in [-0.4, -0.2) is 10.3 Å². The van der Waals surface area contributed by atoms with Crippen LogP contribution in [0.3, 0.4) is 0 Å². The highest BCUT2D eigenvalue weighted by Crippen LogP contribution is 2.10. The fourth-order valence-corrected chi connectivity index (χ4v) is 0.986. The minimum Gasteiger partial charge on any atom is -0.0622 e. The molecule has 1 aromatic rings. The molecule has 0 aliphatic carbocycles. The van der Waals surface area contributed by atoms with E-state index in [4.69, 9.17) is 0 Å². The molecule has 0 amide bonds. The SMILES string of the molecule is CC(C)(C)[N+](=O)Cc1ccccc1. The summed E-state index contributed by atoms with van der Waals surface area (Å²) in [5, 5.41) is 0. The third kappa shape index (κ3) is 2.98. The van der Waals surface area contributed by atoms with E-state index in [2.05, 4.69) is 0 Å². The van der Waals surface area contributed by atoms with Gasteiger partial charge in [0, 0.05) is 36.0 Å². The van der Waals surface area contributed by atoms with E-state index in [-0.39, 0.29) is 5.54 Å². The molecule has 0 bridgehead atoms. The van der Waals surface area contributed by atoms with Gasteiger partial charge in [0.15, 0.2) is 0 Å². The molecule has 0 aromatic heterocycles. The van der Waals surface area contributed by atoms with Gasteiger partial charge in [0.25, 0.3) is 0 Å². The molecule has 1 aromatic carbocycles. The zero-order valence-corrected chi connectivity index (χ0v) is 8.45. The third-order valence-corrected chi connectivity index (χ3v) is 1.92. The Bertz CT molecular complexity index is 285. The molecule has 0 aliphatic rings. The fraction of sp³-hybridized carbons (Fsp3) is 0.455. The van der Waals surface area contributed by atoms with Crippen molar-refractivity contribution in [1.82, 2.24) is 0 Å². The van der Waals surface area contributed by atoms with Crippen LogP contribution < -0.4 is 0 Å². The number of nitroso groups, excluding NO2 is 1. The Labute approximate surface area is 79.2 Å². The molecule has 0 saturated carbocycles. The van der Waals surface area contributed by atoms with Gasteiger partial charge in [-0.2, -0.15) is 0 Å². The van der Waals surface area contributed by atoms with Gasteiger partial charge < -0.3 is 0 Å². The van der Waals surface area contributed by atoms with Crippen molar-refractivity contribution in [3.8, 4) is 0 Å². The molecule has 0 spiro atoms. The first kappa shape index (κ1) is 9.90. The Morgan fingerprint density at radius 1 is 1.15 bits per heavy atom. The van der Waals surface area contributed by atoms with Gasteiger partial charge in [0.1, 0.15) is 0 Å². The number of rotatable bonds is 2. The van der Waals surface area contributed by atoms with E-state index >= 15 is 0 Å². The molecule has 0 N–H and O–H groups in total. The molecule has 1 rings (SSSR count). The fourth-order valence-electron chi connectivity index (χ4n) is 0.986. The number of nitrogens with zero attached hydrogens (tertiary/aromatic N) is 1. The van der Waals surface area contributed by atoms with Crippen LogP contribution in [-0.2, 0) is 6.54 Å². The van der Waals surface area contributed by atoms with E-state index in [0.29, 0.717) is 6.54 Å². The van der Waals surface area contributed by atoms with Gasteiger partial charge in [-0.15, -0.1) is 0 Å². The van der Waals surface area contributed by atoms with Crippen molar-refractivity contribution >= 4 is 0 Å². The molecule has 0 fully saturated rings. The minimum absolute atomic E-state index is 0.310. The van der Waals surface area contributed by atoms with Gasteiger partial charge in [0.05, 0.1) is 0 Å². The van der Waals surface area contributed by atoms with Gasteiger partial charge in [-0.05, 0) is 0 Å². The lowest BCUT2D eigenvalue weighted by molar-refractivity contribution is -0.630. The van der Waals surface area contributed by atoms with Crippen LogP contribution in [0.1, 0.15) is 26.3 Å². The van der Waals surface area contributed by atoms with Gasteiger partial charge >= 0.3 is 0 Å². The molecule has 70 valence electrons. The van der Waals surface area contributed by atoms with E-state index in [1.54, 1.807) is 0 Å². The summed E-state index contributed by atoms with van der Waals surface area (Å²) in [6.45, 7) is 6.22. The van der Waals surface area contributed by atoms with Crippen LogP contribution in [0.25, 0.3) is 0 Å². The summed E-state index contributed by atoms with van der Waals surface area (Å²) in [5.41, 5.74) is 0.753. The second kappa shape index (κ2) is 3.69. The van der Waals surface area contributed by atoms with Crippen LogP contribution in [0.5, 0.6) is 0 Å². The molecular weight excluding hydrogens is 162 g/mol.